The molecule has 0 unspecified atom stereocenters. The number of aliphatic hydroxyl groups excluding tert-OH is 1. The number of piperidine rings is 1. The number of hydrogen-bond donors (Lipinski definition) is 1. The summed E-state index contributed by atoms with van der Waals surface area (Å²) in [7, 11) is 0. The molecule has 2 aliphatic heterocycles. The van der Waals surface area contributed by atoms with Gasteiger partial charge in [-0.3, -0.25) is 9.80 Å². The fourth-order valence-corrected chi connectivity index (χ4v) is 2.48. The Morgan fingerprint density at radius 3 is 2.31 bits per heavy atom. The van der Waals surface area contributed by atoms with E-state index in [9.17, 15) is 9.50 Å². The van der Waals surface area contributed by atoms with E-state index in [0.29, 0.717) is 19.0 Å². The van der Waals surface area contributed by atoms with Crippen LogP contribution in [0.5, 0.6) is 0 Å². The Balaban J connectivity index is 1.80. The van der Waals surface area contributed by atoms with Gasteiger partial charge in [0.1, 0.15) is 6.17 Å². The minimum atomic E-state index is -1.06. The van der Waals surface area contributed by atoms with Crippen molar-refractivity contribution in [2.75, 3.05) is 26.2 Å². The zero-order valence-electron chi connectivity index (χ0n) is 10.5. The van der Waals surface area contributed by atoms with Crippen LogP contribution < -0.4 is 0 Å². The first kappa shape index (κ1) is 12.3. The number of likely N-dealkylation sites (tertiary alicyclic amines) is 2. The Morgan fingerprint density at radius 1 is 1.19 bits per heavy atom. The smallest absolute Gasteiger partial charge is 0.139 e. The largest absolute Gasteiger partial charge is 0.390 e. The molecular formula is C12H23FN2O. The lowest BCUT2D eigenvalue weighted by Crippen LogP contribution is -2.66. The van der Waals surface area contributed by atoms with Crippen LogP contribution in [0.2, 0.25) is 0 Å². The highest BCUT2D eigenvalue weighted by Gasteiger charge is 2.40. The second-order valence-corrected chi connectivity index (χ2v) is 6.10. The van der Waals surface area contributed by atoms with E-state index in [1.807, 2.05) is 0 Å². The molecule has 0 amide bonds. The maximum Gasteiger partial charge on any atom is 0.139 e. The van der Waals surface area contributed by atoms with Gasteiger partial charge in [0, 0.05) is 37.8 Å². The Kier molecular flexibility index (Phi) is 3.25. The van der Waals surface area contributed by atoms with Gasteiger partial charge in [-0.2, -0.15) is 0 Å². The third kappa shape index (κ3) is 2.39. The lowest BCUT2D eigenvalue weighted by molar-refractivity contribution is -0.0657. The van der Waals surface area contributed by atoms with Crippen LogP contribution in [0.15, 0.2) is 0 Å². The molecule has 0 aromatic rings. The van der Waals surface area contributed by atoms with Crippen LogP contribution in [0.25, 0.3) is 0 Å². The van der Waals surface area contributed by atoms with Crippen LogP contribution in [-0.4, -0.2) is 64.9 Å². The van der Waals surface area contributed by atoms with Crippen molar-refractivity contribution >= 4 is 0 Å². The molecule has 2 heterocycles. The van der Waals surface area contributed by atoms with Gasteiger partial charge >= 0.3 is 0 Å². The second kappa shape index (κ2) is 4.24. The van der Waals surface area contributed by atoms with Crippen molar-refractivity contribution in [3.63, 3.8) is 0 Å². The summed E-state index contributed by atoms with van der Waals surface area (Å²) in [5, 5.41) is 9.34. The maximum atomic E-state index is 13.4. The molecule has 0 saturated carbocycles. The molecule has 2 saturated heterocycles. The lowest BCUT2D eigenvalue weighted by Gasteiger charge is -2.52. The van der Waals surface area contributed by atoms with Crippen molar-refractivity contribution < 1.29 is 9.50 Å². The minimum Gasteiger partial charge on any atom is -0.390 e. The van der Waals surface area contributed by atoms with Gasteiger partial charge in [-0.15, -0.1) is 0 Å². The van der Waals surface area contributed by atoms with Gasteiger partial charge in [-0.1, -0.05) is 0 Å². The quantitative estimate of drug-likeness (QED) is 0.724. The first-order chi connectivity index (χ1) is 7.38. The Bertz CT molecular complexity index is 248. The van der Waals surface area contributed by atoms with E-state index in [4.69, 9.17) is 0 Å². The maximum absolute atomic E-state index is 13.4. The standard InChI is InChI=1S/C12H23FN2O/c1-12(2,3)15-6-9(7-15)14-5-4-11(16)10(13)8-14/h9-11,16H,4-8H2,1-3H3/t10-,11-/m1/s1. The van der Waals surface area contributed by atoms with Gasteiger partial charge in [0.15, 0.2) is 0 Å². The monoisotopic (exact) mass is 230 g/mol. The van der Waals surface area contributed by atoms with Crippen molar-refractivity contribution in [1.82, 2.24) is 9.80 Å². The number of nitrogens with zero attached hydrogens (tertiary/aromatic N) is 2. The number of aliphatic hydroxyl groups is 1. The van der Waals surface area contributed by atoms with Crippen LogP contribution in [0.1, 0.15) is 27.2 Å². The van der Waals surface area contributed by atoms with Crippen molar-refractivity contribution in [3.8, 4) is 0 Å². The summed E-state index contributed by atoms with van der Waals surface area (Å²) in [5.41, 5.74) is 0.223. The second-order valence-electron chi connectivity index (χ2n) is 6.10. The van der Waals surface area contributed by atoms with Gasteiger partial charge in [0.2, 0.25) is 0 Å². The first-order valence-corrected chi connectivity index (χ1v) is 6.19. The molecule has 0 spiro atoms. The highest BCUT2D eigenvalue weighted by atomic mass is 19.1. The van der Waals surface area contributed by atoms with Gasteiger partial charge < -0.3 is 5.11 Å². The lowest BCUT2D eigenvalue weighted by atomic mass is 9.94. The minimum absolute atomic E-state index is 0.223. The van der Waals surface area contributed by atoms with Gasteiger partial charge in [0.05, 0.1) is 6.10 Å². The highest BCUT2D eigenvalue weighted by molar-refractivity contribution is 4.96. The van der Waals surface area contributed by atoms with Crippen molar-refractivity contribution in [2.24, 2.45) is 0 Å². The molecular weight excluding hydrogens is 207 g/mol. The fraction of sp³-hybridized carbons (Fsp3) is 1.00. The molecule has 0 aromatic heterocycles. The van der Waals surface area contributed by atoms with E-state index in [0.717, 1.165) is 19.6 Å². The van der Waals surface area contributed by atoms with Crippen LogP contribution in [-0.2, 0) is 0 Å². The van der Waals surface area contributed by atoms with E-state index < -0.39 is 12.3 Å². The topological polar surface area (TPSA) is 26.7 Å². The van der Waals surface area contributed by atoms with Crippen molar-refractivity contribution in [1.29, 1.82) is 0 Å². The summed E-state index contributed by atoms with van der Waals surface area (Å²) in [4.78, 5) is 4.61. The zero-order valence-corrected chi connectivity index (χ0v) is 10.5. The average Bonchev–Trinajstić information content (AvgIpc) is 2.06. The normalized spacial score (nSPS) is 35.1. The van der Waals surface area contributed by atoms with E-state index in [1.165, 1.54) is 0 Å². The molecule has 4 heteroatoms. The Hall–Kier alpha value is -0.190. The Labute approximate surface area is 97.2 Å². The SMILES string of the molecule is CC(C)(C)N1CC(N2CC[C@@H](O)[C@H](F)C2)C1. The Morgan fingerprint density at radius 2 is 1.81 bits per heavy atom. The third-order valence-corrected chi connectivity index (χ3v) is 3.87. The molecule has 0 aromatic carbocycles. The first-order valence-electron chi connectivity index (χ1n) is 6.19. The van der Waals surface area contributed by atoms with E-state index in [2.05, 4.69) is 30.6 Å². The van der Waals surface area contributed by atoms with E-state index in [1.54, 1.807) is 0 Å². The number of halogens is 1. The van der Waals surface area contributed by atoms with E-state index in [-0.39, 0.29) is 5.54 Å². The van der Waals surface area contributed by atoms with Crippen molar-refractivity contribution in [2.45, 2.75) is 51.0 Å². The van der Waals surface area contributed by atoms with Crippen LogP contribution in [0.3, 0.4) is 0 Å². The summed E-state index contributed by atoms with van der Waals surface area (Å²) in [6.45, 7) is 9.94. The molecule has 94 valence electrons. The number of hydrogen-bond acceptors (Lipinski definition) is 3. The molecule has 2 atom stereocenters. The zero-order chi connectivity index (χ0) is 11.9. The van der Waals surface area contributed by atoms with Crippen LogP contribution in [0, 0.1) is 0 Å². The number of rotatable bonds is 1. The predicted molar refractivity (Wildman–Crippen MR) is 62.2 cm³/mol. The van der Waals surface area contributed by atoms with Gasteiger partial charge in [0.25, 0.3) is 0 Å². The summed E-state index contributed by atoms with van der Waals surface area (Å²) < 4.78 is 13.4. The summed E-state index contributed by atoms with van der Waals surface area (Å²) >= 11 is 0. The molecule has 2 aliphatic rings. The van der Waals surface area contributed by atoms with Crippen LogP contribution in [0.4, 0.5) is 4.39 Å². The fourth-order valence-electron chi connectivity index (χ4n) is 2.48. The molecule has 0 aliphatic carbocycles. The molecule has 0 radical (unpaired) electrons. The molecule has 2 fully saturated rings. The highest BCUT2D eigenvalue weighted by Crippen LogP contribution is 2.26. The third-order valence-electron chi connectivity index (χ3n) is 3.87. The van der Waals surface area contributed by atoms with E-state index >= 15 is 0 Å². The van der Waals surface area contributed by atoms with Crippen LogP contribution >= 0.6 is 0 Å². The molecule has 0 bridgehead atoms. The summed E-state index contributed by atoms with van der Waals surface area (Å²) in [5.74, 6) is 0. The number of alkyl halides is 1. The average molecular weight is 230 g/mol. The van der Waals surface area contributed by atoms with Gasteiger partial charge in [-0.25, -0.2) is 4.39 Å². The summed E-state index contributed by atoms with van der Waals surface area (Å²) in [6.07, 6.45) is -1.22. The van der Waals surface area contributed by atoms with Gasteiger partial charge in [-0.05, 0) is 27.2 Å². The predicted octanol–water partition coefficient (Wildman–Crippen LogP) is 0.874. The molecule has 1 N–H and O–H groups in total. The summed E-state index contributed by atoms with van der Waals surface area (Å²) in [6, 6.07) is 0.491. The molecule has 2 rings (SSSR count). The van der Waals surface area contributed by atoms with Crippen molar-refractivity contribution in [3.05, 3.63) is 0 Å². The molecule has 3 nitrogen and oxygen atoms in total. The molecule has 16 heavy (non-hydrogen) atoms.